The van der Waals surface area contributed by atoms with Crippen molar-refractivity contribution >= 4 is 21.8 Å². The summed E-state index contributed by atoms with van der Waals surface area (Å²) < 4.78 is 6.52. The zero-order valence-electron chi connectivity index (χ0n) is 10.3. The van der Waals surface area contributed by atoms with Crippen LogP contribution >= 0.6 is 15.9 Å². The minimum absolute atomic E-state index is 0.0677. The molecule has 0 spiro atoms. The molecule has 1 aromatic carbocycles. The fourth-order valence-corrected chi connectivity index (χ4v) is 2.06. The standard InChI is InChI=1S/C13H17BrN2O2/c1-9(13(17)16-8-10-6-15-7-10)18-12-4-2-3-11(14)5-12/h2-5,9-10,15H,6-8H2,1H3,(H,16,17). The maximum atomic E-state index is 11.8. The topological polar surface area (TPSA) is 50.4 Å². The Morgan fingerprint density at radius 3 is 3.00 bits per heavy atom. The molecule has 1 aromatic rings. The molecule has 1 amide bonds. The summed E-state index contributed by atoms with van der Waals surface area (Å²) in [5.41, 5.74) is 0. The van der Waals surface area contributed by atoms with Crippen LogP contribution in [0.5, 0.6) is 5.75 Å². The van der Waals surface area contributed by atoms with Gasteiger partial charge in [0.2, 0.25) is 0 Å². The summed E-state index contributed by atoms with van der Waals surface area (Å²) in [6.07, 6.45) is -0.479. The zero-order valence-corrected chi connectivity index (χ0v) is 11.9. The molecule has 1 fully saturated rings. The molecule has 2 N–H and O–H groups in total. The average Bonchev–Trinajstić information content (AvgIpc) is 2.26. The highest BCUT2D eigenvalue weighted by molar-refractivity contribution is 9.10. The summed E-state index contributed by atoms with van der Waals surface area (Å²) in [6, 6.07) is 7.48. The van der Waals surface area contributed by atoms with Gasteiger partial charge in [0.05, 0.1) is 0 Å². The first-order valence-electron chi connectivity index (χ1n) is 6.06. The summed E-state index contributed by atoms with van der Waals surface area (Å²) >= 11 is 3.37. The molecule has 0 bridgehead atoms. The number of carbonyl (C=O) groups is 1. The van der Waals surface area contributed by atoms with Gasteiger partial charge in [-0.15, -0.1) is 0 Å². The van der Waals surface area contributed by atoms with Crippen LogP contribution in [0.4, 0.5) is 0 Å². The minimum Gasteiger partial charge on any atom is -0.481 e. The highest BCUT2D eigenvalue weighted by Crippen LogP contribution is 2.18. The van der Waals surface area contributed by atoms with Crippen LogP contribution in [0.15, 0.2) is 28.7 Å². The van der Waals surface area contributed by atoms with Crippen molar-refractivity contribution in [2.75, 3.05) is 19.6 Å². The number of amides is 1. The van der Waals surface area contributed by atoms with Crippen molar-refractivity contribution in [3.05, 3.63) is 28.7 Å². The first-order valence-corrected chi connectivity index (χ1v) is 6.85. The van der Waals surface area contributed by atoms with Crippen molar-refractivity contribution in [2.24, 2.45) is 5.92 Å². The van der Waals surface area contributed by atoms with Crippen LogP contribution in [0.3, 0.4) is 0 Å². The second-order valence-electron chi connectivity index (χ2n) is 4.49. The van der Waals surface area contributed by atoms with Gasteiger partial charge in [-0.3, -0.25) is 4.79 Å². The van der Waals surface area contributed by atoms with Crippen LogP contribution in [-0.2, 0) is 4.79 Å². The molecule has 1 saturated heterocycles. The Morgan fingerprint density at radius 2 is 2.39 bits per heavy atom. The molecule has 1 atom stereocenters. The van der Waals surface area contributed by atoms with Gasteiger partial charge >= 0.3 is 0 Å². The summed E-state index contributed by atoms with van der Waals surface area (Å²) in [7, 11) is 0. The van der Waals surface area contributed by atoms with Crippen molar-refractivity contribution in [1.29, 1.82) is 0 Å². The Hall–Kier alpha value is -1.07. The van der Waals surface area contributed by atoms with Crippen molar-refractivity contribution in [3.63, 3.8) is 0 Å². The third-order valence-electron chi connectivity index (χ3n) is 2.91. The van der Waals surface area contributed by atoms with E-state index in [9.17, 15) is 4.79 Å². The van der Waals surface area contributed by atoms with Crippen LogP contribution in [0.2, 0.25) is 0 Å². The lowest BCUT2D eigenvalue weighted by molar-refractivity contribution is -0.127. The lowest BCUT2D eigenvalue weighted by Crippen LogP contribution is -2.49. The van der Waals surface area contributed by atoms with Gasteiger partial charge in [0, 0.05) is 30.0 Å². The van der Waals surface area contributed by atoms with Gasteiger partial charge < -0.3 is 15.4 Å². The molecular formula is C13H17BrN2O2. The molecule has 0 aromatic heterocycles. The second kappa shape index (κ2) is 6.20. The Kier molecular flexibility index (Phi) is 4.60. The molecule has 0 saturated carbocycles. The molecule has 1 unspecified atom stereocenters. The van der Waals surface area contributed by atoms with Gasteiger partial charge in [-0.1, -0.05) is 22.0 Å². The van der Waals surface area contributed by atoms with Crippen LogP contribution in [0.1, 0.15) is 6.92 Å². The van der Waals surface area contributed by atoms with Crippen molar-refractivity contribution in [3.8, 4) is 5.75 Å². The van der Waals surface area contributed by atoms with E-state index in [2.05, 4.69) is 26.6 Å². The molecule has 1 aliphatic rings. The van der Waals surface area contributed by atoms with E-state index in [4.69, 9.17) is 4.74 Å². The first-order chi connectivity index (χ1) is 8.65. The average molecular weight is 313 g/mol. The Bertz CT molecular complexity index is 421. The largest absolute Gasteiger partial charge is 0.481 e. The van der Waals surface area contributed by atoms with Gasteiger partial charge in [-0.05, 0) is 25.1 Å². The lowest BCUT2D eigenvalue weighted by Gasteiger charge is -2.27. The van der Waals surface area contributed by atoms with Crippen molar-refractivity contribution in [1.82, 2.24) is 10.6 Å². The quantitative estimate of drug-likeness (QED) is 0.867. The van der Waals surface area contributed by atoms with E-state index >= 15 is 0 Å². The summed E-state index contributed by atoms with van der Waals surface area (Å²) in [5, 5.41) is 6.08. The third-order valence-corrected chi connectivity index (χ3v) is 3.40. The molecule has 1 heterocycles. The van der Waals surface area contributed by atoms with Crippen LogP contribution < -0.4 is 15.4 Å². The smallest absolute Gasteiger partial charge is 0.260 e. The number of rotatable bonds is 5. The highest BCUT2D eigenvalue weighted by Gasteiger charge is 2.20. The number of ether oxygens (including phenoxy) is 1. The normalized spacial score (nSPS) is 16.8. The molecule has 4 nitrogen and oxygen atoms in total. The zero-order chi connectivity index (χ0) is 13.0. The molecule has 98 valence electrons. The third kappa shape index (κ3) is 3.71. The first kappa shape index (κ1) is 13.4. The lowest BCUT2D eigenvalue weighted by atomic mass is 10.0. The number of hydrogen-bond acceptors (Lipinski definition) is 3. The van der Waals surface area contributed by atoms with Gasteiger partial charge in [0.25, 0.3) is 5.91 Å². The summed E-state index contributed by atoms with van der Waals surface area (Å²) in [6.45, 7) is 4.45. The van der Waals surface area contributed by atoms with Gasteiger partial charge in [-0.2, -0.15) is 0 Å². The van der Waals surface area contributed by atoms with E-state index in [0.29, 0.717) is 11.7 Å². The van der Waals surface area contributed by atoms with Crippen LogP contribution in [0.25, 0.3) is 0 Å². The van der Waals surface area contributed by atoms with Crippen molar-refractivity contribution in [2.45, 2.75) is 13.0 Å². The highest BCUT2D eigenvalue weighted by atomic mass is 79.9. The fourth-order valence-electron chi connectivity index (χ4n) is 1.68. The maximum Gasteiger partial charge on any atom is 0.260 e. The van der Waals surface area contributed by atoms with Crippen LogP contribution in [-0.4, -0.2) is 31.6 Å². The number of halogens is 1. The Morgan fingerprint density at radius 1 is 1.61 bits per heavy atom. The van der Waals surface area contributed by atoms with E-state index in [0.717, 1.165) is 24.1 Å². The number of benzene rings is 1. The van der Waals surface area contributed by atoms with Gasteiger partial charge in [0.15, 0.2) is 6.10 Å². The predicted molar refractivity (Wildman–Crippen MR) is 73.6 cm³/mol. The molecular weight excluding hydrogens is 296 g/mol. The molecule has 0 radical (unpaired) electrons. The summed E-state index contributed by atoms with van der Waals surface area (Å²) in [4.78, 5) is 11.8. The minimum atomic E-state index is -0.479. The van der Waals surface area contributed by atoms with E-state index in [1.807, 2.05) is 24.3 Å². The monoisotopic (exact) mass is 312 g/mol. The Balaban J connectivity index is 1.79. The van der Waals surface area contributed by atoms with Gasteiger partial charge in [-0.25, -0.2) is 0 Å². The van der Waals surface area contributed by atoms with E-state index < -0.39 is 6.10 Å². The van der Waals surface area contributed by atoms with Crippen molar-refractivity contribution < 1.29 is 9.53 Å². The van der Waals surface area contributed by atoms with Crippen LogP contribution in [0, 0.1) is 5.92 Å². The second-order valence-corrected chi connectivity index (χ2v) is 5.40. The molecule has 5 heteroatoms. The number of nitrogens with one attached hydrogen (secondary N) is 2. The molecule has 0 aliphatic carbocycles. The summed E-state index contributed by atoms with van der Waals surface area (Å²) in [5.74, 6) is 1.19. The van der Waals surface area contributed by atoms with E-state index in [1.165, 1.54) is 0 Å². The fraction of sp³-hybridized carbons (Fsp3) is 0.462. The SMILES string of the molecule is CC(Oc1cccc(Br)c1)C(=O)NCC1CNC1. The Labute approximate surface area is 115 Å². The maximum absolute atomic E-state index is 11.8. The number of hydrogen-bond donors (Lipinski definition) is 2. The van der Waals surface area contributed by atoms with E-state index in [-0.39, 0.29) is 5.91 Å². The molecule has 18 heavy (non-hydrogen) atoms. The number of carbonyl (C=O) groups excluding carboxylic acids is 1. The predicted octanol–water partition coefficient (Wildman–Crippen LogP) is 1.55. The molecule has 2 rings (SSSR count). The van der Waals surface area contributed by atoms with E-state index in [1.54, 1.807) is 6.92 Å². The molecule has 1 aliphatic heterocycles. The van der Waals surface area contributed by atoms with Gasteiger partial charge in [0.1, 0.15) is 5.75 Å².